The van der Waals surface area contributed by atoms with E-state index in [-0.39, 0.29) is 5.97 Å². The quantitative estimate of drug-likeness (QED) is 0.583. The molecule has 2 rings (SSSR count). The summed E-state index contributed by atoms with van der Waals surface area (Å²) < 4.78 is 5.23. The Hall–Kier alpha value is -0.730. The number of rotatable bonds is 4. The van der Waals surface area contributed by atoms with E-state index in [9.17, 15) is 4.79 Å². The second-order valence-electron chi connectivity index (χ2n) is 4.74. The molecule has 0 heterocycles. The highest BCUT2D eigenvalue weighted by Crippen LogP contribution is 2.30. The van der Waals surface area contributed by atoms with Gasteiger partial charge in [-0.2, -0.15) is 0 Å². The Bertz CT molecular complexity index is 426. The summed E-state index contributed by atoms with van der Waals surface area (Å²) in [4.78, 5) is 11.7. The highest BCUT2D eigenvalue weighted by Gasteiger charge is 2.17. The van der Waals surface area contributed by atoms with Gasteiger partial charge in [0.25, 0.3) is 0 Å². The summed E-state index contributed by atoms with van der Waals surface area (Å²) >= 11 is 11.8. The number of carbonyl (C=O) groups excluding carboxylic acids is 1. The minimum absolute atomic E-state index is 0.230. The van der Waals surface area contributed by atoms with Crippen LogP contribution in [0, 0.1) is 5.92 Å². The maximum atomic E-state index is 11.7. The monoisotopic (exact) mass is 286 g/mol. The fourth-order valence-electron chi connectivity index (χ4n) is 2.35. The van der Waals surface area contributed by atoms with Gasteiger partial charge in [0.2, 0.25) is 0 Å². The van der Waals surface area contributed by atoms with E-state index in [4.69, 9.17) is 27.9 Å². The first-order valence-electron chi connectivity index (χ1n) is 6.31. The predicted octanol–water partition coefficient (Wildman–Crippen LogP) is 4.87. The van der Waals surface area contributed by atoms with Crippen molar-refractivity contribution in [2.75, 3.05) is 0 Å². The van der Waals surface area contributed by atoms with Gasteiger partial charge in [-0.3, -0.25) is 4.79 Å². The van der Waals surface area contributed by atoms with E-state index in [1.165, 1.54) is 25.7 Å². The summed E-state index contributed by atoms with van der Waals surface area (Å²) in [5.41, 5.74) is 0. The molecule has 1 aromatic rings. The fourth-order valence-corrected chi connectivity index (χ4v) is 2.67. The van der Waals surface area contributed by atoms with E-state index in [2.05, 4.69) is 0 Å². The Morgan fingerprint density at radius 3 is 2.72 bits per heavy atom. The van der Waals surface area contributed by atoms with Crippen molar-refractivity contribution in [2.24, 2.45) is 5.92 Å². The van der Waals surface area contributed by atoms with Crippen LogP contribution in [0.4, 0.5) is 0 Å². The van der Waals surface area contributed by atoms with Crippen molar-refractivity contribution in [3.8, 4) is 5.75 Å². The molecule has 0 aromatic heterocycles. The zero-order valence-corrected chi connectivity index (χ0v) is 11.6. The fraction of sp³-hybridized carbons (Fsp3) is 0.500. The number of esters is 1. The van der Waals surface area contributed by atoms with Crippen molar-refractivity contribution < 1.29 is 9.53 Å². The third-order valence-corrected chi connectivity index (χ3v) is 3.90. The maximum Gasteiger partial charge on any atom is 0.311 e. The molecule has 0 saturated heterocycles. The third-order valence-electron chi connectivity index (χ3n) is 3.35. The van der Waals surface area contributed by atoms with E-state index in [0.29, 0.717) is 28.1 Å². The van der Waals surface area contributed by atoms with Crippen LogP contribution in [-0.2, 0) is 4.79 Å². The van der Waals surface area contributed by atoms with E-state index < -0.39 is 0 Å². The standard InChI is InChI=1S/C14H16Cl2O2/c15-11-6-7-12(16)13(9-11)18-14(17)8-5-10-3-1-2-4-10/h6-7,9-10H,1-5,8H2. The number of benzene rings is 1. The Labute approximate surface area is 117 Å². The molecule has 0 atom stereocenters. The Morgan fingerprint density at radius 1 is 1.28 bits per heavy atom. The summed E-state index contributed by atoms with van der Waals surface area (Å²) in [5.74, 6) is 0.805. The van der Waals surface area contributed by atoms with Crippen LogP contribution in [0.2, 0.25) is 10.0 Å². The van der Waals surface area contributed by atoms with Crippen molar-refractivity contribution in [3.05, 3.63) is 28.2 Å². The van der Waals surface area contributed by atoms with Crippen molar-refractivity contribution in [1.29, 1.82) is 0 Å². The lowest BCUT2D eigenvalue weighted by Gasteiger charge is -2.09. The number of hydrogen-bond acceptors (Lipinski definition) is 2. The maximum absolute atomic E-state index is 11.7. The largest absolute Gasteiger partial charge is 0.425 e. The average Bonchev–Trinajstić information content (AvgIpc) is 2.84. The van der Waals surface area contributed by atoms with E-state index in [0.717, 1.165) is 6.42 Å². The van der Waals surface area contributed by atoms with Crippen LogP contribution in [0.1, 0.15) is 38.5 Å². The molecule has 1 aliphatic rings. The average molecular weight is 287 g/mol. The molecule has 0 N–H and O–H groups in total. The lowest BCUT2D eigenvalue weighted by atomic mass is 10.0. The summed E-state index contributed by atoms with van der Waals surface area (Å²) in [7, 11) is 0. The van der Waals surface area contributed by atoms with Gasteiger partial charge < -0.3 is 4.74 Å². The molecule has 1 saturated carbocycles. The summed E-state index contributed by atoms with van der Waals surface area (Å²) in [6, 6.07) is 4.86. The van der Waals surface area contributed by atoms with Crippen molar-refractivity contribution in [1.82, 2.24) is 0 Å². The molecule has 98 valence electrons. The molecular weight excluding hydrogens is 271 g/mol. The Balaban J connectivity index is 1.84. The van der Waals surface area contributed by atoms with Crippen LogP contribution >= 0.6 is 23.2 Å². The SMILES string of the molecule is O=C(CCC1CCCC1)Oc1cc(Cl)ccc1Cl. The molecule has 4 heteroatoms. The topological polar surface area (TPSA) is 26.3 Å². The molecular formula is C14H16Cl2O2. The van der Waals surface area contributed by atoms with Gasteiger partial charge in [0.1, 0.15) is 0 Å². The molecule has 1 aromatic carbocycles. The highest BCUT2D eigenvalue weighted by atomic mass is 35.5. The molecule has 0 bridgehead atoms. The summed E-state index contributed by atoms with van der Waals surface area (Å²) in [6.45, 7) is 0. The third kappa shape index (κ3) is 3.89. The molecule has 0 spiro atoms. The zero-order chi connectivity index (χ0) is 13.0. The van der Waals surface area contributed by atoms with Crippen LogP contribution in [0.25, 0.3) is 0 Å². The molecule has 1 fully saturated rings. The van der Waals surface area contributed by atoms with Gasteiger partial charge in [-0.05, 0) is 24.5 Å². The number of hydrogen-bond donors (Lipinski definition) is 0. The minimum Gasteiger partial charge on any atom is -0.425 e. The van der Waals surface area contributed by atoms with Gasteiger partial charge in [-0.1, -0.05) is 48.9 Å². The predicted molar refractivity (Wildman–Crippen MR) is 73.3 cm³/mol. The number of ether oxygens (including phenoxy) is 1. The minimum atomic E-state index is -0.230. The number of carbonyl (C=O) groups is 1. The van der Waals surface area contributed by atoms with Gasteiger partial charge in [0.15, 0.2) is 5.75 Å². The van der Waals surface area contributed by atoms with Gasteiger partial charge >= 0.3 is 5.97 Å². The molecule has 0 unspecified atom stereocenters. The van der Waals surface area contributed by atoms with Crippen LogP contribution in [0.15, 0.2) is 18.2 Å². The molecule has 2 nitrogen and oxygen atoms in total. The molecule has 18 heavy (non-hydrogen) atoms. The van der Waals surface area contributed by atoms with Crippen LogP contribution in [-0.4, -0.2) is 5.97 Å². The van der Waals surface area contributed by atoms with Crippen molar-refractivity contribution >= 4 is 29.2 Å². The number of halogens is 2. The lowest BCUT2D eigenvalue weighted by molar-refractivity contribution is -0.134. The highest BCUT2D eigenvalue weighted by molar-refractivity contribution is 6.34. The molecule has 0 radical (unpaired) electrons. The van der Waals surface area contributed by atoms with Crippen LogP contribution in [0.5, 0.6) is 5.75 Å². The van der Waals surface area contributed by atoms with E-state index in [1.807, 2.05) is 0 Å². The zero-order valence-electron chi connectivity index (χ0n) is 10.1. The summed E-state index contributed by atoms with van der Waals surface area (Å²) in [5, 5.41) is 0.923. The molecule has 0 aliphatic heterocycles. The van der Waals surface area contributed by atoms with Gasteiger partial charge in [0.05, 0.1) is 5.02 Å². The summed E-state index contributed by atoms with van der Waals surface area (Å²) in [6.07, 6.45) is 6.43. The first-order chi connectivity index (χ1) is 8.65. The molecule has 0 amide bonds. The Kier molecular flexibility index (Phi) is 4.90. The van der Waals surface area contributed by atoms with Crippen LogP contribution in [0.3, 0.4) is 0 Å². The normalized spacial score (nSPS) is 15.9. The van der Waals surface area contributed by atoms with E-state index >= 15 is 0 Å². The van der Waals surface area contributed by atoms with Crippen molar-refractivity contribution in [2.45, 2.75) is 38.5 Å². The lowest BCUT2D eigenvalue weighted by Crippen LogP contribution is -2.10. The first kappa shape index (κ1) is 13.7. The first-order valence-corrected chi connectivity index (χ1v) is 7.06. The van der Waals surface area contributed by atoms with E-state index in [1.54, 1.807) is 18.2 Å². The second kappa shape index (κ2) is 6.44. The molecule has 1 aliphatic carbocycles. The smallest absolute Gasteiger partial charge is 0.311 e. The van der Waals surface area contributed by atoms with Crippen molar-refractivity contribution in [3.63, 3.8) is 0 Å². The van der Waals surface area contributed by atoms with Crippen LogP contribution < -0.4 is 4.74 Å². The van der Waals surface area contributed by atoms with Gasteiger partial charge in [0, 0.05) is 17.5 Å². The Morgan fingerprint density at radius 2 is 2.00 bits per heavy atom. The van der Waals surface area contributed by atoms with Gasteiger partial charge in [-0.15, -0.1) is 0 Å². The second-order valence-corrected chi connectivity index (χ2v) is 5.58. The van der Waals surface area contributed by atoms with Gasteiger partial charge in [-0.25, -0.2) is 0 Å².